The van der Waals surface area contributed by atoms with E-state index in [2.05, 4.69) is 0 Å². The molecule has 1 aliphatic heterocycles. The van der Waals surface area contributed by atoms with Gasteiger partial charge < -0.3 is 0 Å². The molecule has 0 aromatic heterocycles. The average Bonchev–Trinajstić information content (AvgIpc) is 2.40. The zero-order chi connectivity index (χ0) is 13.9. The van der Waals surface area contributed by atoms with Crippen molar-refractivity contribution in [3.8, 4) is 0 Å². The molecule has 1 aromatic carbocycles. The number of nitrogens with zero attached hydrogens (tertiary/aromatic N) is 2. The van der Waals surface area contributed by atoms with Gasteiger partial charge in [-0.25, -0.2) is 8.42 Å². The summed E-state index contributed by atoms with van der Waals surface area (Å²) < 4.78 is 26.3. The maximum Gasteiger partial charge on any atom is 0.243 e. The molecule has 2 rings (SSSR count). The summed E-state index contributed by atoms with van der Waals surface area (Å²) >= 11 is 0. The summed E-state index contributed by atoms with van der Waals surface area (Å²) in [6.07, 6.45) is 1.84. The lowest BCUT2D eigenvalue weighted by molar-refractivity contribution is 0.208. The van der Waals surface area contributed by atoms with Gasteiger partial charge in [-0.1, -0.05) is 17.7 Å². The Balaban J connectivity index is 2.09. The third-order valence-corrected chi connectivity index (χ3v) is 5.19. The summed E-state index contributed by atoms with van der Waals surface area (Å²) in [5, 5.41) is 0. The molecule has 0 N–H and O–H groups in total. The van der Waals surface area contributed by atoms with Crippen LogP contribution in [0.25, 0.3) is 0 Å². The Morgan fingerprint density at radius 1 is 1.11 bits per heavy atom. The lowest BCUT2D eigenvalue weighted by Gasteiger charge is -2.32. The van der Waals surface area contributed by atoms with E-state index in [1.54, 1.807) is 24.3 Å². The SMILES string of the molecule is Cc1ccc(S(=O)(=O)N2CCN(C[C]=O)CC2)cc1. The van der Waals surface area contributed by atoms with Crippen molar-refractivity contribution >= 4 is 16.3 Å². The van der Waals surface area contributed by atoms with E-state index < -0.39 is 10.0 Å². The Labute approximate surface area is 113 Å². The molecule has 0 amide bonds. The molecule has 1 saturated heterocycles. The summed E-state index contributed by atoms with van der Waals surface area (Å²) in [6, 6.07) is 6.86. The Kier molecular flexibility index (Phi) is 4.34. The maximum absolute atomic E-state index is 12.4. The number of rotatable bonds is 4. The molecule has 0 aliphatic carbocycles. The van der Waals surface area contributed by atoms with Gasteiger partial charge >= 0.3 is 0 Å². The highest BCUT2D eigenvalue weighted by molar-refractivity contribution is 7.89. The minimum absolute atomic E-state index is 0.248. The van der Waals surface area contributed by atoms with Crippen LogP contribution in [0.3, 0.4) is 0 Å². The molecule has 1 heterocycles. The van der Waals surface area contributed by atoms with Crippen LogP contribution in [-0.4, -0.2) is 56.6 Å². The van der Waals surface area contributed by atoms with Crippen molar-refractivity contribution in [1.29, 1.82) is 0 Å². The van der Waals surface area contributed by atoms with E-state index in [0.717, 1.165) is 5.56 Å². The fraction of sp³-hybridized carbons (Fsp3) is 0.462. The van der Waals surface area contributed by atoms with Crippen molar-refractivity contribution in [2.75, 3.05) is 32.7 Å². The number of sulfonamides is 1. The normalized spacial score (nSPS) is 18.4. The monoisotopic (exact) mass is 281 g/mol. The summed E-state index contributed by atoms with van der Waals surface area (Å²) in [5.41, 5.74) is 1.03. The van der Waals surface area contributed by atoms with E-state index in [9.17, 15) is 13.2 Å². The van der Waals surface area contributed by atoms with Crippen molar-refractivity contribution in [2.45, 2.75) is 11.8 Å². The van der Waals surface area contributed by atoms with Crippen LogP contribution in [0.5, 0.6) is 0 Å². The largest absolute Gasteiger partial charge is 0.293 e. The molecule has 1 aliphatic rings. The van der Waals surface area contributed by atoms with E-state index in [4.69, 9.17) is 0 Å². The lowest BCUT2D eigenvalue weighted by Crippen LogP contribution is -2.48. The standard InChI is InChI=1S/C13H17N2O3S/c1-12-2-4-13(5-3-12)19(17,18)15-8-6-14(7-9-15)10-11-16/h2-5H,6-10H2,1H3. The molecular formula is C13H17N2O3S. The van der Waals surface area contributed by atoms with Crippen molar-refractivity contribution in [3.05, 3.63) is 29.8 Å². The quantitative estimate of drug-likeness (QED) is 0.802. The minimum atomic E-state index is -3.41. The summed E-state index contributed by atoms with van der Waals surface area (Å²) in [4.78, 5) is 12.5. The fourth-order valence-corrected chi connectivity index (χ4v) is 3.50. The van der Waals surface area contributed by atoms with Gasteiger partial charge in [-0.2, -0.15) is 4.31 Å². The van der Waals surface area contributed by atoms with Gasteiger partial charge in [-0.15, -0.1) is 0 Å². The topological polar surface area (TPSA) is 57.7 Å². The van der Waals surface area contributed by atoms with Crippen LogP contribution in [0.1, 0.15) is 5.56 Å². The molecule has 0 saturated carbocycles. The first-order valence-corrected chi connectivity index (χ1v) is 7.62. The third kappa shape index (κ3) is 3.20. The van der Waals surface area contributed by atoms with Gasteiger partial charge in [0.05, 0.1) is 11.4 Å². The highest BCUT2D eigenvalue weighted by atomic mass is 32.2. The molecule has 103 valence electrons. The molecule has 0 bridgehead atoms. The van der Waals surface area contributed by atoms with Crippen LogP contribution >= 0.6 is 0 Å². The first kappa shape index (κ1) is 14.2. The molecule has 6 heteroatoms. The summed E-state index contributed by atoms with van der Waals surface area (Å²) in [6.45, 7) is 4.14. The van der Waals surface area contributed by atoms with Crippen molar-refractivity contribution in [3.63, 3.8) is 0 Å². The van der Waals surface area contributed by atoms with Crippen LogP contribution in [-0.2, 0) is 14.8 Å². The number of hydrogen-bond acceptors (Lipinski definition) is 4. The lowest BCUT2D eigenvalue weighted by atomic mass is 10.2. The minimum Gasteiger partial charge on any atom is -0.293 e. The van der Waals surface area contributed by atoms with E-state index in [-0.39, 0.29) is 6.54 Å². The number of carbonyl (C=O) groups excluding carboxylic acids is 1. The van der Waals surface area contributed by atoms with Crippen molar-refractivity contribution < 1.29 is 13.2 Å². The molecule has 1 fully saturated rings. The van der Waals surface area contributed by atoms with Gasteiger partial charge in [0.15, 0.2) is 0 Å². The van der Waals surface area contributed by atoms with Gasteiger partial charge in [0.25, 0.3) is 0 Å². The number of piperazine rings is 1. The highest BCUT2D eigenvalue weighted by Crippen LogP contribution is 2.17. The van der Waals surface area contributed by atoms with Gasteiger partial charge in [0.1, 0.15) is 0 Å². The van der Waals surface area contributed by atoms with E-state index in [0.29, 0.717) is 31.1 Å². The highest BCUT2D eigenvalue weighted by Gasteiger charge is 2.28. The number of hydrogen-bond donors (Lipinski definition) is 0. The molecule has 0 spiro atoms. The molecule has 0 atom stereocenters. The smallest absolute Gasteiger partial charge is 0.243 e. The molecular weight excluding hydrogens is 264 g/mol. The molecule has 19 heavy (non-hydrogen) atoms. The van der Waals surface area contributed by atoms with E-state index >= 15 is 0 Å². The van der Waals surface area contributed by atoms with Crippen molar-refractivity contribution in [1.82, 2.24) is 9.21 Å². The Morgan fingerprint density at radius 3 is 2.21 bits per heavy atom. The second-order valence-corrected chi connectivity index (χ2v) is 6.58. The van der Waals surface area contributed by atoms with Crippen LogP contribution in [0, 0.1) is 6.92 Å². The van der Waals surface area contributed by atoms with E-state index in [1.807, 2.05) is 18.1 Å². The average molecular weight is 281 g/mol. The van der Waals surface area contributed by atoms with Gasteiger partial charge in [-0.05, 0) is 19.1 Å². The summed E-state index contributed by atoms with van der Waals surface area (Å²) in [5.74, 6) is 0. The van der Waals surface area contributed by atoms with Gasteiger partial charge in [-0.3, -0.25) is 9.69 Å². The third-order valence-electron chi connectivity index (χ3n) is 3.28. The predicted molar refractivity (Wildman–Crippen MR) is 72.1 cm³/mol. The fourth-order valence-electron chi connectivity index (χ4n) is 2.08. The summed E-state index contributed by atoms with van der Waals surface area (Å²) in [7, 11) is -3.41. The Bertz CT molecular complexity index is 532. The van der Waals surface area contributed by atoms with Crippen molar-refractivity contribution in [2.24, 2.45) is 0 Å². The Hall–Kier alpha value is -1.24. The van der Waals surface area contributed by atoms with Crippen LogP contribution in [0.4, 0.5) is 0 Å². The second-order valence-electron chi connectivity index (χ2n) is 4.64. The molecule has 5 nitrogen and oxygen atoms in total. The first-order chi connectivity index (χ1) is 9.04. The predicted octanol–water partition coefficient (Wildman–Crippen LogP) is 0.411. The van der Waals surface area contributed by atoms with Crippen LogP contribution in [0.15, 0.2) is 29.2 Å². The second kappa shape index (κ2) is 5.81. The number of aryl methyl sites for hydroxylation is 1. The molecule has 1 radical (unpaired) electrons. The van der Waals surface area contributed by atoms with Crippen LogP contribution in [0.2, 0.25) is 0 Å². The maximum atomic E-state index is 12.4. The van der Waals surface area contributed by atoms with Gasteiger partial charge in [0.2, 0.25) is 16.3 Å². The number of benzene rings is 1. The zero-order valence-electron chi connectivity index (χ0n) is 10.9. The van der Waals surface area contributed by atoms with E-state index in [1.165, 1.54) is 4.31 Å². The van der Waals surface area contributed by atoms with Crippen LogP contribution < -0.4 is 0 Å². The Morgan fingerprint density at radius 2 is 1.68 bits per heavy atom. The molecule has 1 aromatic rings. The van der Waals surface area contributed by atoms with Gasteiger partial charge in [0, 0.05) is 26.2 Å². The zero-order valence-corrected chi connectivity index (χ0v) is 11.7. The first-order valence-electron chi connectivity index (χ1n) is 6.18. The molecule has 0 unspecified atom stereocenters.